The van der Waals surface area contributed by atoms with Crippen molar-refractivity contribution in [1.82, 2.24) is 10.6 Å². The predicted octanol–water partition coefficient (Wildman–Crippen LogP) is 1.03. The number of ether oxygens (including phenoxy) is 1. The lowest BCUT2D eigenvalue weighted by Gasteiger charge is -2.16. The first-order chi connectivity index (χ1) is 13.9. The Hall–Kier alpha value is -3.95. The van der Waals surface area contributed by atoms with Crippen LogP contribution in [0.4, 0.5) is 10.5 Å². The van der Waals surface area contributed by atoms with Gasteiger partial charge in [-0.3, -0.25) is 19.7 Å². The van der Waals surface area contributed by atoms with Crippen LogP contribution in [-0.4, -0.2) is 35.4 Å². The summed E-state index contributed by atoms with van der Waals surface area (Å²) >= 11 is 0. The number of para-hydroxylation sites is 1. The third-order valence-electron chi connectivity index (χ3n) is 3.90. The summed E-state index contributed by atoms with van der Waals surface area (Å²) in [5.41, 5.74) is 6.14. The second kappa shape index (κ2) is 10.4. The van der Waals surface area contributed by atoms with Crippen molar-refractivity contribution in [3.05, 3.63) is 75.8 Å². The summed E-state index contributed by atoms with van der Waals surface area (Å²) in [6.07, 6.45) is -0.963. The molecule has 2 aromatic rings. The minimum absolute atomic E-state index is 0.0376. The van der Waals surface area contributed by atoms with Gasteiger partial charge in [-0.25, -0.2) is 4.79 Å². The second-order valence-electron chi connectivity index (χ2n) is 6.03. The number of amides is 3. The molecular weight excluding hydrogens is 380 g/mol. The highest BCUT2D eigenvalue weighted by Gasteiger charge is 2.23. The molecule has 0 bridgehead atoms. The Morgan fingerprint density at radius 2 is 1.72 bits per heavy atom. The molecule has 0 heterocycles. The van der Waals surface area contributed by atoms with Gasteiger partial charge in [0.1, 0.15) is 19.2 Å². The number of hydrogen-bond acceptors (Lipinski definition) is 6. The molecule has 10 nitrogen and oxygen atoms in total. The third-order valence-corrected chi connectivity index (χ3v) is 3.90. The van der Waals surface area contributed by atoms with E-state index in [0.29, 0.717) is 0 Å². The molecule has 152 valence electrons. The maximum Gasteiger partial charge on any atom is 0.407 e. The largest absolute Gasteiger partial charge is 0.445 e. The lowest BCUT2D eigenvalue weighted by atomic mass is 10.0. The number of nitro benzene ring substituents is 1. The van der Waals surface area contributed by atoms with Crippen LogP contribution in [0.15, 0.2) is 54.6 Å². The molecule has 0 saturated carbocycles. The van der Waals surface area contributed by atoms with Gasteiger partial charge in [0, 0.05) is 18.1 Å². The quantitative estimate of drug-likeness (QED) is 0.422. The number of carbonyl (C=O) groups is 3. The molecule has 0 radical (unpaired) electrons. The standard InChI is InChI=1S/C19H20N4O6/c20-18(25)15(10-14-8-4-5-9-16(14)23(27)28)22-17(24)11-21-19(26)29-12-13-6-2-1-3-7-13/h1-9,15H,10-12H2,(H2,20,25)(H,21,26)(H,22,24)/t15-/m1/s1. The molecule has 0 aromatic heterocycles. The molecule has 0 aliphatic carbocycles. The van der Waals surface area contributed by atoms with Crippen molar-refractivity contribution < 1.29 is 24.0 Å². The third kappa shape index (κ3) is 6.94. The van der Waals surface area contributed by atoms with Gasteiger partial charge in [0.15, 0.2) is 0 Å². The lowest BCUT2D eigenvalue weighted by Crippen LogP contribution is -2.49. The highest BCUT2D eigenvalue weighted by atomic mass is 16.6. The number of benzene rings is 2. The van der Waals surface area contributed by atoms with E-state index in [0.717, 1.165) is 5.56 Å². The molecule has 4 N–H and O–H groups in total. The molecule has 0 fully saturated rings. The van der Waals surface area contributed by atoms with E-state index in [1.54, 1.807) is 30.3 Å². The van der Waals surface area contributed by atoms with E-state index < -0.39 is 35.4 Å². The average molecular weight is 400 g/mol. The van der Waals surface area contributed by atoms with Crippen molar-refractivity contribution in [2.75, 3.05) is 6.54 Å². The molecule has 0 aliphatic heterocycles. The van der Waals surface area contributed by atoms with Gasteiger partial charge in [0.2, 0.25) is 11.8 Å². The highest BCUT2D eigenvalue weighted by Crippen LogP contribution is 2.19. The second-order valence-corrected chi connectivity index (χ2v) is 6.03. The summed E-state index contributed by atoms with van der Waals surface area (Å²) in [5, 5.41) is 15.7. The van der Waals surface area contributed by atoms with E-state index in [2.05, 4.69) is 10.6 Å². The Morgan fingerprint density at radius 3 is 2.38 bits per heavy atom. The maximum atomic E-state index is 12.0. The molecular formula is C19H20N4O6. The number of hydrogen-bond donors (Lipinski definition) is 3. The topological polar surface area (TPSA) is 154 Å². The van der Waals surface area contributed by atoms with Gasteiger partial charge in [-0.15, -0.1) is 0 Å². The molecule has 0 saturated heterocycles. The number of nitrogens with zero attached hydrogens (tertiary/aromatic N) is 1. The molecule has 3 amide bonds. The normalized spacial score (nSPS) is 11.2. The summed E-state index contributed by atoms with van der Waals surface area (Å²) in [7, 11) is 0. The van der Waals surface area contributed by atoms with Crippen LogP contribution >= 0.6 is 0 Å². The van der Waals surface area contributed by atoms with Gasteiger partial charge in [-0.1, -0.05) is 48.5 Å². The van der Waals surface area contributed by atoms with Crippen LogP contribution in [0, 0.1) is 10.1 Å². The van der Waals surface area contributed by atoms with E-state index >= 15 is 0 Å². The van der Waals surface area contributed by atoms with E-state index in [9.17, 15) is 24.5 Å². The number of primary amides is 1. The zero-order chi connectivity index (χ0) is 21.2. The Kier molecular flexibility index (Phi) is 7.66. The van der Waals surface area contributed by atoms with Crippen molar-refractivity contribution in [3.8, 4) is 0 Å². The van der Waals surface area contributed by atoms with Crippen molar-refractivity contribution in [3.63, 3.8) is 0 Å². The lowest BCUT2D eigenvalue weighted by molar-refractivity contribution is -0.385. The zero-order valence-electron chi connectivity index (χ0n) is 15.4. The van der Waals surface area contributed by atoms with Crippen LogP contribution in [0.3, 0.4) is 0 Å². The number of nitrogens with one attached hydrogen (secondary N) is 2. The molecule has 1 atom stereocenters. The molecule has 0 spiro atoms. The van der Waals surface area contributed by atoms with Crippen LogP contribution in [0.5, 0.6) is 0 Å². The Morgan fingerprint density at radius 1 is 1.07 bits per heavy atom. The maximum absolute atomic E-state index is 12.0. The van der Waals surface area contributed by atoms with Gasteiger partial charge in [0.25, 0.3) is 5.69 Å². The van der Waals surface area contributed by atoms with E-state index in [-0.39, 0.29) is 24.3 Å². The van der Waals surface area contributed by atoms with Gasteiger partial charge >= 0.3 is 6.09 Å². The van der Waals surface area contributed by atoms with Crippen LogP contribution in [0.1, 0.15) is 11.1 Å². The van der Waals surface area contributed by atoms with Crippen molar-refractivity contribution in [1.29, 1.82) is 0 Å². The fourth-order valence-corrected chi connectivity index (χ4v) is 2.48. The monoisotopic (exact) mass is 400 g/mol. The number of carbonyl (C=O) groups excluding carboxylic acids is 3. The number of nitrogens with two attached hydrogens (primary N) is 1. The van der Waals surface area contributed by atoms with Crippen molar-refractivity contribution in [2.45, 2.75) is 19.1 Å². The molecule has 0 aliphatic rings. The minimum Gasteiger partial charge on any atom is -0.445 e. The van der Waals surface area contributed by atoms with Gasteiger partial charge in [0.05, 0.1) is 4.92 Å². The molecule has 10 heteroatoms. The Balaban J connectivity index is 1.85. The summed E-state index contributed by atoms with van der Waals surface area (Å²) in [6.45, 7) is -0.413. The first-order valence-corrected chi connectivity index (χ1v) is 8.62. The molecule has 29 heavy (non-hydrogen) atoms. The first-order valence-electron chi connectivity index (χ1n) is 8.62. The molecule has 2 aromatic carbocycles. The SMILES string of the molecule is NC(=O)[C@@H](Cc1ccccc1[N+](=O)[O-])NC(=O)CNC(=O)OCc1ccccc1. The minimum atomic E-state index is -1.18. The highest BCUT2D eigenvalue weighted by molar-refractivity contribution is 5.88. The van der Waals surface area contributed by atoms with Crippen molar-refractivity contribution >= 4 is 23.6 Å². The van der Waals surface area contributed by atoms with Gasteiger partial charge in [-0.05, 0) is 5.56 Å². The molecule has 2 rings (SSSR count). The van der Waals surface area contributed by atoms with E-state index in [4.69, 9.17) is 10.5 Å². The van der Waals surface area contributed by atoms with Crippen LogP contribution < -0.4 is 16.4 Å². The van der Waals surface area contributed by atoms with Crippen LogP contribution in [0.25, 0.3) is 0 Å². The number of alkyl carbamates (subject to hydrolysis) is 1. The Labute approximate surface area is 166 Å². The summed E-state index contributed by atoms with van der Waals surface area (Å²) in [4.78, 5) is 45.8. The van der Waals surface area contributed by atoms with E-state index in [1.807, 2.05) is 6.07 Å². The number of rotatable bonds is 9. The summed E-state index contributed by atoms with van der Waals surface area (Å²) in [5.74, 6) is -1.55. The van der Waals surface area contributed by atoms with Gasteiger partial charge in [-0.2, -0.15) is 0 Å². The zero-order valence-corrected chi connectivity index (χ0v) is 15.4. The van der Waals surface area contributed by atoms with Crippen LogP contribution in [-0.2, 0) is 27.4 Å². The predicted molar refractivity (Wildman–Crippen MR) is 103 cm³/mol. The van der Waals surface area contributed by atoms with Gasteiger partial charge < -0.3 is 21.1 Å². The fourth-order valence-electron chi connectivity index (χ4n) is 2.48. The molecule has 0 unspecified atom stereocenters. The van der Waals surface area contributed by atoms with Crippen LogP contribution in [0.2, 0.25) is 0 Å². The number of nitro groups is 1. The summed E-state index contributed by atoms with van der Waals surface area (Å²) < 4.78 is 4.97. The van der Waals surface area contributed by atoms with Crippen molar-refractivity contribution in [2.24, 2.45) is 5.73 Å². The average Bonchev–Trinajstić information content (AvgIpc) is 2.71. The first kappa shape index (κ1) is 21.4. The smallest absolute Gasteiger partial charge is 0.407 e. The Bertz CT molecular complexity index is 887. The fraction of sp³-hybridized carbons (Fsp3) is 0.211. The van der Waals surface area contributed by atoms with E-state index in [1.165, 1.54) is 18.2 Å². The summed E-state index contributed by atoms with van der Waals surface area (Å²) in [6, 6.07) is 13.6.